The number of hydrogen-bond donors (Lipinski definition) is 1. The molecule has 0 spiro atoms. The van der Waals surface area contributed by atoms with Crippen molar-refractivity contribution in [1.29, 1.82) is 0 Å². The van der Waals surface area contributed by atoms with Crippen molar-refractivity contribution in [3.05, 3.63) is 35.2 Å². The van der Waals surface area contributed by atoms with E-state index >= 15 is 0 Å². The molecule has 2 atom stereocenters. The molecule has 11 heteroatoms. The number of anilines is 3. The largest absolute Gasteiger partial charge is 0.483 e. The van der Waals surface area contributed by atoms with E-state index in [2.05, 4.69) is 58.0 Å². The van der Waals surface area contributed by atoms with Crippen LogP contribution in [0.3, 0.4) is 0 Å². The van der Waals surface area contributed by atoms with Gasteiger partial charge in [-0.15, -0.1) is 0 Å². The molecule has 2 aromatic rings. The molecule has 0 aliphatic carbocycles. The number of piperidine rings is 1. The number of hydrogen-bond acceptors (Lipinski definition) is 9. The van der Waals surface area contributed by atoms with Crippen molar-refractivity contribution < 1.29 is 17.9 Å². The van der Waals surface area contributed by atoms with Gasteiger partial charge in [0.25, 0.3) is 5.91 Å². The quantitative estimate of drug-likeness (QED) is 0.537. The Bertz CT molecular complexity index is 1540. The summed E-state index contributed by atoms with van der Waals surface area (Å²) in [6, 6.07) is 4.47. The van der Waals surface area contributed by atoms with Crippen molar-refractivity contribution >= 4 is 33.1 Å². The number of nitrogens with zero attached hydrogens (tertiary/aromatic N) is 5. The molecule has 0 bridgehead atoms. The van der Waals surface area contributed by atoms with E-state index in [1.54, 1.807) is 13.3 Å². The summed E-state index contributed by atoms with van der Waals surface area (Å²) in [5.41, 5.74) is 4.11. The number of benzene rings is 1. The highest BCUT2D eigenvalue weighted by atomic mass is 32.2. The maximum Gasteiger partial charge on any atom is 0.298 e. The summed E-state index contributed by atoms with van der Waals surface area (Å²) in [6.07, 6.45) is 4.31. The van der Waals surface area contributed by atoms with E-state index in [-0.39, 0.29) is 29.1 Å². The molecule has 1 N–H and O–H groups in total. The van der Waals surface area contributed by atoms with Crippen molar-refractivity contribution in [2.45, 2.75) is 64.5 Å². The average Bonchev–Trinajstić information content (AvgIpc) is 3.31. The van der Waals surface area contributed by atoms with Crippen LogP contribution >= 0.6 is 0 Å². The number of fused-ring (bicyclic) bond motifs is 2. The van der Waals surface area contributed by atoms with Crippen molar-refractivity contribution in [1.82, 2.24) is 19.8 Å². The van der Waals surface area contributed by atoms with Gasteiger partial charge in [0.1, 0.15) is 29.8 Å². The van der Waals surface area contributed by atoms with E-state index < -0.39 is 9.84 Å². The number of aryl methyl sites for hydroxylation is 1. The minimum absolute atomic E-state index is 0.00899. The minimum atomic E-state index is -3.01. The molecule has 1 aromatic carbocycles. The fourth-order valence-corrected chi connectivity index (χ4v) is 8.20. The van der Waals surface area contributed by atoms with Gasteiger partial charge in [0.2, 0.25) is 0 Å². The van der Waals surface area contributed by atoms with Gasteiger partial charge in [0.15, 0.2) is 9.84 Å². The predicted molar refractivity (Wildman–Crippen MR) is 163 cm³/mol. The second-order valence-electron chi connectivity index (χ2n) is 12.3. The number of nitrogens with one attached hydrogen (secondary N) is 1. The normalized spacial score (nSPS) is 25.8. The third-order valence-corrected chi connectivity index (χ3v) is 11.1. The van der Waals surface area contributed by atoms with Crippen LogP contribution in [0.2, 0.25) is 0 Å². The Balaban J connectivity index is 1.19. The van der Waals surface area contributed by atoms with Gasteiger partial charge in [-0.25, -0.2) is 18.4 Å². The van der Waals surface area contributed by atoms with Crippen LogP contribution in [0.25, 0.3) is 0 Å². The summed E-state index contributed by atoms with van der Waals surface area (Å²) in [5.74, 6) is 8.28. The average molecular weight is 593 g/mol. The summed E-state index contributed by atoms with van der Waals surface area (Å²) in [5, 5.41) is 3.55. The zero-order valence-corrected chi connectivity index (χ0v) is 25.8. The Hall–Kier alpha value is -3.36. The lowest BCUT2D eigenvalue weighted by molar-refractivity contribution is -0.124. The second kappa shape index (κ2) is 11.0. The number of carbonyl (C=O) groups is 1. The lowest BCUT2D eigenvalue weighted by Gasteiger charge is -2.43. The molecule has 42 heavy (non-hydrogen) atoms. The van der Waals surface area contributed by atoms with Crippen LogP contribution in [0.15, 0.2) is 18.5 Å². The molecule has 0 radical (unpaired) electrons. The molecule has 0 saturated carbocycles. The van der Waals surface area contributed by atoms with Gasteiger partial charge in [-0.1, -0.05) is 12.0 Å². The SMILES string of the molecule is CC#CC(=O)N1CC[C@](C)(N2CCC(c3cc(C)c4c(c3)Nc3ncnc(N5CCS(=O)(=O)CC5)c3[C@@H](C)O4)CC2)C1. The highest BCUT2D eigenvalue weighted by Gasteiger charge is 2.42. The topological polar surface area (TPSA) is 108 Å². The lowest BCUT2D eigenvalue weighted by Crippen LogP contribution is -2.51. The highest BCUT2D eigenvalue weighted by Crippen LogP contribution is 2.45. The molecule has 0 unspecified atom stereocenters. The monoisotopic (exact) mass is 592 g/mol. The number of aromatic nitrogens is 2. The van der Waals surface area contributed by atoms with E-state index in [1.807, 2.05) is 16.7 Å². The van der Waals surface area contributed by atoms with Crippen LogP contribution < -0.4 is 15.0 Å². The van der Waals surface area contributed by atoms with Gasteiger partial charge in [-0.3, -0.25) is 9.69 Å². The second-order valence-corrected chi connectivity index (χ2v) is 14.6. The van der Waals surface area contributed by atoms with Crippen LogP contribution in [-0.4, -0.2) is 90.4 Å². The molecular formula is C31H40N6O4S. The van der Waals surface area contributed by atoms with Crippen LogP contribution in [0.5, 0.6) is 5.75 Å². The van der Waals surface area contributed by atoms with Gasteiger partial charge in [0, 0.05) is 31.7 Å². The molecule has 4 aliphatic heterocycles. The molecule has 4 aliphatic rings. The van der Waals surface area contributed by atoms with Gasteiger partial charge in [0.05, 0.1) is 22.8 Å². The molecule has 10 nitrogen and oxygen atoms in total. The van der Waals surface area contributed by atoms with E-state index in [0.29, 0.717) is 24.8 Å². The van der Waals surface area contributed by atoms with Gasteiger partial charge < -0.3 is 19.9 Å². The molecule has 1 aromatic heterocycles. The zero-order valence-electron chi connectivity index (χ0n) is 24.9. The first kappa shape index (κ1) is 28.7. The maximum absolute atomic E-state index is 12.3. The maximum atomic E-state index is 12.3. The molecule has 3 fully saturated rings. The van der Waals surface area contributed by atoms with Crippen molar-refractivity contribution in [3.8, 4) is 17.6 Å². The van der Waals surface area contributed by atoms with E-state index in [0.717, 1.165) is 73.8 Å². The van der Waals surface area contributed by atoms with Gasteiger partial charge in [-0.05, 0) is 89.1 Å². The van der Waals surface area contributed by atoms with Crippen molar-refractivity contribution in [3.63, 3.8) is 0 Å². The number of amides is 1. The number of ether oxygens (including phenoxy) is 1. The Morgan fingerprint density at radius 1 is 1.12 bits per heavy atom. The van der Waals surface area contributed by atoms with Crippen molar-refractivity contribution in [2.75, 3.05) is 61.0 Å². The molecular weight excluding hydrogens is 552 g/mol. The molecule has 3 saturated heterocycles. The Morgan fingerprint density at radius 3 is 2.57 bits per heavy atom. The van der Waals surface area contributed by atoms with Crippen LogP contribution in [0.1, 0.15) is 68.7 Å². The zero-order chi connectivity index (χ0) is 29.6. The third kappa shape index (κ3) is 5.42. The first-order chi connectivity index (χ1) is 20.1. The number of likely N-dealkylation sites (tertiary alicyclic amines) is 2. The number of carbonyl (C=O) groups excluding carboxylic acids is 1. The van der Waals surface area contributed by atoms with Crippen LogP contribution in [0, 0.1) is 18.8 Å². The summed E-state index contributed by atoms with van der Waals surface area (Å²) >= 11 is 0. The molecule has 1 amide bonds. The smallest absolute Gasteiger partial charge is 0.298 e. The molecule has 6 rings (SSSR count). The minimum Gasteiger partial charge on any atom is -0.483 e. The summed E-state index contributed by atoms with van der Waals surface area (Å²) in [7, 11) is -3.01. The molecule has 224 valence electrons. The van der Waals surface area contributed by atoms with Crippen molar-refractivity contribution in [2.24, 2.45) is 0 Å². The fraction of sp³-hybridized carbons (Fsp3) is 0.581. The summed E-state index contributed by atoms with van der Waals surface area (Å²) in [4.78, 5) is 28.0. The number of rotatable bonds is 3. The highest BCUT2D eigenvalue weighted by molar-refractivity contribution is 7.91. The first-order valence-corrected chi connectivity index (χ1v) is 16.7. The fourth-order valence-electron chi connectivity index (χ4n) is 7.00. The standard InChI is InChI=1S/C31H40N6O4S/c1-5-6-26(38)36-12-9-31(4,19-36)37-10-7-23(8-11-37)24-17-21(2)28-25(18-24)34-29-27(22(3)41-28)30(33-20-32-29)35-13-15-42(39,40)16-14-35/h17-18,20,22-23H,7-16,19H2,1-4H3,(H,32,33,34)/t22-,31+/m1/s1. The van der Waals surface area contributed by atoms with Crippen LogP contribution in [-0.2, 0) is 14.6 Å². The van der Waals surface area contributed by atoms with E-state index in [4.69, 9.17) is 4.74 Å². The number of sulfone groups is 1. The Morgan fingerprint density at radius 2 is 1.86 bits per heavy atom. The Labute approximate surface area is 248 Å². The molecule has 5 heterocycles. The summed E-state index contributed by atoms with van der Waals surface area (Å²) < 4.78 is 30.6. The first-order valence-electron chi connectivity index (χ1n) is 14.9. The summed E-state index contributed by atoms with van der Waals surface area (Å²) in [6.45, 7) is 12.4. The lowest BCUT2D eigenvalue weighted by atomic mass is 9.85. The predicted octanol–water partition coefficient (Wildman–Crippen LogP) is 3.41. The van der Waals surface area contributed by atoms with Crippen LogP contribution in [0.4, 0.5) is 17.3 Å². The third-order valence-electron chi connectivity index (χ3n) is 9.46. The van der Waals surface area contributed by atoms with E-state index in [9.17, 15) is 13.2 Å². The Kier molecular flexibility index (Phi) is 7.56. The van der Waals surface area contributed by atoms with Gasteiger partial charge >= 0.3 is 0 Å². The van der Waals surface area contributed by atoms with Gasteiger partial charge in [-0.2, -0.15) is 0 Å². The van der Waals surface area contributed by atoms with E-state index in [1.165, 1.54) is 5.56 Å².